The molecule has 1 N–H and O–H groups in total. The molecule has 2 amide bonds. The Kier molecular flexibility index (Phi) is 5.96. The molecule has 7 nitrogen and oxygen atoms in total. The number of carbonyl (C=O) groups is 2. The van der Waals surface area contributed by atoms with Crippen LogP contribution in [0.4, 0.5) is 10.8 Å². The lowest BCUT2D eigenvalue weighted by Gasteiger charge is -2.18. The van der Waals surface area contributed by atoms with Crippen LogP contribution >= 0.6 is 22.9 Å². The number of nitrogens with one attached hydrogen (secondary N) is 1. The highest BCUT2D eigenvalue weighted by Gasteiger charge is 2.36. The van der Waals surface area contributed by atoms with Crippen LogP contribution in [-0.2, 0) is 16.2 Å². The summed E-state index contributed by atoms with van der Waals surface area (Å²) in [7, 11) is 0. The van der Waals surface area contributed by atoms with Gasteiger partial charge >= 0.3 is 0 Å². The van der Waals surface area contributed by atoms with Crippen molar-refractivity contribution >= 4 is 45.6 Å². The molecule has 1 unspecified atom stereocenters. The Balaban J connectivity index is 1.34. The number of rotatable bonds is 6. The normalized spacial score (nSPS) is 16.0. The molecule has 1 atom stereocenters. The summed E-state index contributed by atoms with van der Waals surface area (Å²) in [6.45, 7) is 2.53. The Morgan fingerprint density at radius 1 is 1.23 bits per heavy atom. The second-order valence-corrected chi connectivity index (χ2v) is 8.42. The quantitative estimate of drug-likeness (QED) is 0.622. The monoisotopic (exact) mass is 442 g/mol. The van der Waals surface area contributed by atoms with Gasteiger partial charge in [-0.1, -0.05) is 41.1 Å². The van der Waals surface area contributed by atoms with E-state index in [0.29, 0.717) is 27.5 Å². The maximum absolute atomic E-state index is 12.6. The summed E-state index contributed by atoms with van der Waals surface area (Å²) in [6, 6.07) is 14.7. The van der Waals surface area contributed by atoms with Gasteiger partial charge in [-0.05, 0) is 42.8 Å². The van der Waals surface area contributed by atoms with Crippen molar-refractivity contribution in [3.8, 4) is 5.75 Å². The maximum Gasteiger partial charge on any atom is 0.231 e. The molecule has 30 heavy (non-hydrogen) atoms. The number of benzene rings is 2. The van der Waals surface area contributed by atoms with Crippen LogP contribution in [0, 0.1) is 12.8 Å². The van der Waals surface area contributed by atoms with Crippen molar-refractivity contribution in [2.75, 3.05) is 16.8 Å². The molecule has 1 fully saturated rings. The molecule has 3 aromatic rings. The van der Waals surface area contributed by atoms with Crippen molar-refractivity contribution in [1.29, 1.82) is 0 Å². The molecule has 9 heteroatoms. The van der Waals surface area contributed by atoms with Crippen molar-refractivity contribution in [3.63, 3.8) is 0 Å². The molecule has 0 bridgehead atoms. The first kappa shape index (κ1) is 20.3. The standard InChI is InChI=1S/C21H19ClN4O3S/c1-13-4-2-3-5-17(13)26-11-14(10-19(26)27)20(28)23-21-25-24-18(30-21)12-29-16-8-6-15(22)7-9-16/h2-9,14H,10-12H2,1H3,(H,23,25,28). The van der Waals surface area contributed by atoms with E-state index in [1.165, 1.54) is 11.3 Å². The third kappa shape index (κ3) is 4.60. The molecule has 1 aliphatic heterocycles. The molecule has 1 aromatic heterocycles. The van der Waals surface area contributed by atoms with Crippen LogP contribution in [-0.4, -0.2) is 28.6 Å². The minimum absolute atomic E-state index is 0.0567. The average molecular weight is 443 g/mol. The molecule has 0 saturated carbocycles. The van der Waals surface area contributed by atoms with E-state index in [0.717, 1.165) is 11.3 Å². The van der Waals surface area contributed by atoms with Crippen molar-refractivity contribution in [2.45, 2.75) is 20.0 Å². The SMILES string of the molecule is Cc1ccccc1N1CC(C(=O)Nc2nnc(COc3ccc(Cl)cc3)s2)CC1=O. The lowest BCUT2D eigenvalue weighted by molar-refractivity contribution is -0.122. The number of hydrogen-bond donors (Lipinski definition) is 1. The lowest BCUT2D eigenvalue weighted by atomic mass is 10.1. The first-order chi connectivity index (χ1) is 14.5. The zero-order valence-electron chi connectivity index (χ0n) is 16.2. The topological polar surface area (TPSA) is 84.4 Å². The lowest BCUT2D eigenvalue weighted by Crippen LogP contribution is -2.28. The number of ether oxygens (including phenoxy) is 1. The minimum Gasteiger partial charge on any atom is -0.486 e. The fraction of sp³-hybridized carbons (Fsp3) is 0.238. The number of para-hydroxylation sites is 1. The third-order valence-corrected chi connectivity index (χ3v) is 5.84. The number of hydrogen-bond acceptors (Lipinski definition) is 6. The molecule has 154 valence electrons. The van der Waals surface area contributed by atoms with Crippen LogP contribution < -0.4 is 15.0 Å². The number of anilines is 2. The van der Waals surface area contributed by atoms with E-state index in [4.69, 9.17) is 16.3 Å². The fourth-order valence-corrected chi connectivity index (χ4v) is 4.01. The van der Waals surface area contributed by atoms with Gasteiger partial charge in [0.05, 0.1) is 5.92 Å². The van der Waals surface area contributed by atoms with Crippen LogP contribution in [0.25, 0.3) is 0 Å². The van der Waals surface area contributed by atoms with E-state index in [1.807, 2.05) is 31.2 Å². The van der Waals surface area contributed by atoms with Crippen LogP contribution in [0.5, 0.6) is 5.75 Å². The fourth-order valence-electron chi connectivity index (χ4n) is 3.23. The molecule has 2 aromatic carbocycles. The molecular formula is C21H19ClN4O3S. The summed E-state index contributed by atoms with van der Waals surface area (Å²) in [6.07, 6.45) is 0.172. The predicted molar refractivity (Wildman–Crippen MR) is 116 cm³/mol. The van der Waals surface area contributed by atoms with Gasteiger partial charge in [0.25, 0.3) is 0 Å². The van der Waals surface area contributed by atoms with E-state index in [1.54, 1.807) is 29.2 Å². The number of carbonyl (C=O) groups excluding carboxylic acids is 2. The van der Waals surface area contributed by atoms with Crippen LogP contribution in [0.1, 0.15) is 17.0 Å². The van der Waals surface area contributed by atoms with Gasteiger partial charge in [-0.15, -0.1) is 10.2 Å². The van der Waals surface area contributed by atoms with Gasteiger partial charge in [0, 0.05) is 23.7 Å². The number of aryl methyl sites for hydroxylation is 1. The Hall–Kier alpha value is -2.97. The van der Waals surface area contributed by atoms with E-state index in [2.05, 4.69) is 15.5 Å². The Bertz CT molecular complexity index is 1070. The highest BCUT2D eigenvalue weighted by molar-refractivity contribution is 7.15. The summed E-state index contributed by atoms with van der Waals surface area (Å²) >= 11 is 7.09. The smallest absolute Gasteiger partial charge is 0.231 e. The second-order valence-electron chi connectivity index (χ2n) is 6.92. The number of nitrogens with zero attached hydrogens (tertiary/aromatic N) is 3. The van der Waals surface area contributed by atoms with Crippen molar-refractivity contribution < 1.29 is 14.3 Å². The van der Waals surface area contributed by atoms with Crippen molar-refractivity contribution in [1.82, 2.24) is 10.2 Å². The largest absolute Gasteiger partial charge is 0.486 e. The van der Waals surface area contributed by atoms with Crippen LogP contribution in [0.15, 0.2) is 48.5 Å². The van der Waals surface area contributed by atoms with Gasteiger partial charge in [-0.3, -0.25) is 9.59 Å². The van der Waals surface area contributed by atoms with E-state index in [9.17, 15) is 9.59 Å². The number of amides is 2. The van der Waals surface area contributed by atoms with Gasteiger partial charge in [0.2, 0.25) is 16.9 Å². The maximum atomic E-state index is 12.6. The summed E-state index contributed by atoms with van der Waals surface area (Å²) in [5.74, 6) is -0.0600. The average Bonchev–Trinajstić information content (AvgIpc) is 3.34. The molecule has 1 saturated heterocycles. The molecule has 4 rings (SSSR count). The summed E-state index contributed by atoms with van der Waals surface area (Å²) < 4.78 is 5.64. The van der Waals surface area contributed by atoms with Gasteiger partial charge < -0.3 is 15.0 Å². The molecule has 2 heterocycles. The van der Waals surface area contributed by atoms with E-state index in [-0.39, 0.29) is 24.8 Å². The zero-order valence-corrected chi connectivity index (χ0v) is 17.7. The van der Waals surface area contributed by atoms with Gasteiger partial charge in [-0.2, -0.15) is 0 Å². The Labute approximate surface area is 182 Å². The zero-order chi connectivity index (χ0) is 21.1. The molecule has 0 spiro atoms. The first-order valence-electron chi connectivity index (χ1n) is 9.37. The Morgan fingerprint density at radius 3 is 2.77 bits per heavy atom. The van der Waals surface area contributed by atoms with E-state index >= 15 is 0 Å². The first-order valence-corrected chi connectivity index (χ1v) is 10.6. The molecule has 0 aliphatic carbocycles. The molecule has 1 aliphatic rings. The van der Waals surface area contributed by atoms with Crippen molar-refractivity contribution in [2.24, 2.45) is 5.92 Å². The second kappa shape index (κ2) is 8.81. The highest BCUT2D eigenvalue weighted by Crippen LogP contribution is 2.29. The van der Waals surface area contributed by atoms with Crippen LogP contribution in [0.3, 0.4) is 0 Å². The number of aromatic nitrogens is 2. The summed E-state index contributed by atoms with van der Waals surface area (Å²) in [4.78, 5) is 26.8. The third-order valence-electron chi connectivity index (χ3n) is 4.78. The highest BCUT2D eigenvalue weighted by atomic mass is 35.5. The minimum atomic E-state index is -0.435. The van der Waals surface area contributed by atoms with Crippen LogP contribution in [0.2, 0.25) is 5.02 Å². The molecule has 0 radical (unpaired) electrons. The summed E-state index contributed by atoms with van der Waals surface area (Å²) in [5.41, 5.74) is 1.84. The van der Waals surface area contributed by atoms with Crippen molar-refractivity contribution in [3.05, 3.63) is 64.1 Å². The molecular weight excluding hydrogens is 424 g/mol. The summed E-state index contributed by atoms with van der Waals surface area (Å²) in [5, 5.41) is 12.5. The predicted octanol–water partition coefficient (Wildman–Crippen LogP) is 4.07. The Morgan fingerprint density at radius 2 is 2.00 bits per heavy atom. The van der Waals surface area contributed by atoms with Gasteiger partial charge in [0.1, 0.15) is 12.4 Å². The van der Waals surface area contributed by atoms with Gasteiger partial charge in [-0.25, -0.2) is 0 Å². The van der Waals surface area contributed by atoms with Gasteiger partial charge in [0.15, 0.2) is 5.01 Å². The van der Waals surface area contributed by atoms with E-state index < -0.39 is 5.92 Å². The number of halogens is 1.